The molecule has 144 valence electrons. The first kappa shape index (κ1) is 19.7. The van der Waals surface area contributed by atoms with E-state index in [1.165, 1.54) is 11.8 Å². The summed E-state index contributed by atoms with van der Waals surface area (Å²) in [6, 6.07) is 27.3. The number of hydrogen-bond donors (Lipinski definition) is 0. The van der Waals surface area contributed by atoms with E-state index < -0.39 is 0 Å². The summed E-state index contributed by atoms with van der Waals surface area (Å²) in [6.07, 6.45) is 1.84. The zero-order valence-corrected chi connectivity index (χ0v) is 17.4. The van der Waals surface area contributed by atoms with Gasteiger partial charge in [0.1, 0.15) is 18.4 Å². The third-order valence-electron chi connectivity index (χ3n) is 4.29. The molecule has 0 radical (unpaired) electrons. The Labute approximate surface area is 182 Å². The van der Waals surface area contributed by atoms with Crippen LogP contribution in [0.1, 0.15) is 16.7 Å². The number of hydrogen-bond acceptors (Lipinski definition) is 6. The summed E-state index contributed by atoms with van der Waals surface area (Å²) in [6.45, 7) is 0.329. The zero-order chi connectivity index (χ0) is 20.8. The van der Waals surface area contributed by atoms with Crippen molar-refractivity contribution in [3.63, 3.8) is 0 Å². The maximum absolute atomic E-state index is 9.52. The number of fused-ring (bicyclic) bond motifs is 1. The van der Waals surface area contributed by atoms with Crippen molar-refractivity contribution in [2.24, 2.45) is 0 Å². The van der Waals surface area contributed by atoms with Gasteiger partial charge in [-0.1, -0.05) is 42.5 Å². The molecule has 0 fully saturated rings. The third-order valence-corrected chi connectivity index (χ3v) is 6.32. The fourth-order valence-electron chi connectivity index (χ4n) is 2.80. The van der Waals surface area contributed by atoms with Crippen molar-refractivity contribution in [2.75, 3.05) is 0 Å². The molecule has 0 bridgehead atoms. The molecular formula is C24H15N3OS2. The van der Waals surface area contributed by atoms with E-state index >= 15 is 0 Å². The highest BCUT2D eigenvalue weighted by Gasteiger charge is 2.07. The van der Waals surface area contributed by atoms with Crippen LogP contribution >= 0.6 is 23.1 Å². The third kappa shape index (κ3) is 4.69. The van der Waals surface area contributed by atoms with Crippen molar-refractivity contribution in [1.82, 2.24) is 4.98 Å². The molecule has 6 heteroatoms. The van der Waals surface area contributed by atoms with Crippen LogP contribution in [-0.2, 0) is 6.61 Å². The number of ether oxygens (including phenoxy) is 1. The van der Waals surface area contributed by atoms with Crippen LogP contribution in [-0.4, -0.2) is 4.98 Å². The second-order valence-corrected chi connectivity index (χ2v) is 8.62. The van der Waals surface area contributed by atoms with Gasteiger partial charge in [0.2, 0.25) is 0 Å². The molecule has 30 heavy (non-hydrogen) atoms. The van der Waals surface area contributed by atoms with Crippen molar-refractivity contribution in [3.05, 3.63) is 94.4 Å². The molecule has 0 saturated carbocycles. The summed E-state index contributed by atoms with van der Waals surface area (Å²) in [4.78, 5) is 5.14. The topological polar surface area (TPSA) is 69.7 Å². The van der Waals surface area contributed by atoms with Gasteiger partial charge in [0, 0.05) is 5.56 Å². The van der Waals surface area contributed by atoms with Crippen LogP contribution in [0.4, 0.5) is 0 Å². The van der Waals surface area contributed by atoms with Gasteiger partial charge < -0.3 is 4.74 Å². The maximum Gasteiger partial charge on any atom is 0.156 e. The SMILES string of the molecule is N#CC(=Cc1ccc(OCc2ccccc2C#N)cc1)Sc1nc2ccccc2s1. The first-order valence-corrected chi connectivity index (χ1v) is 10.7. The van der Waals surface area contributed by atoms with E-state index in [0.717, 1.165) is 25.7 Å². The Morgan fingerprint density at radius 3 is 2.53 bits per heavy atom. The van der Waals surface area contributed by atoms with Gasteiger partial charge in [0.05, 0.1) is 26.8 Å². The van der Waals surface area contributed by atoms with Gasteiger partial charge in [-0.3, -0.25) is 0 Å². The van der Waals surface area contributed by atoms with Crippen molar-refractivity contribution >= 4 is 39.4 Å². The number of rotatable bonds is 6. The highest BCUT2D eigenvalue weighted by Crippen LogP contribution is 2.34. The average Bonchev–Trinajstić information content (AvgIpc) is 3.20. The summed E-state index contributed by atoms with van der Waals surface area (Å²) in [5.41, 5.74) is 3.32. The number of benzene rings is 3. The Kier molecular flexibility index (Phi) is 6.10. The molecule has 0 aliphatic heterocycles. The predicted octanol–water partition coefficient (Wildman–Crippen LogP) is 6.40. The largest absolute Gasteiger partial charge is 0.489 e. The Morgan fingerprint density at radius 1 is 1.00 bits per heavy atom. The molecule has 0 unspecified atom stereocenters. The fraction of sp³-hybridized carbons (Fsp3) is 0.0417. The molecule has 4 rings (SSSR count). The quantitative estimate of drug-likeness (QED) is 0.264. The Hall–Kier alpha value is -3.58. The normalized spacial score (nSPS) is 11.1. The molecule has 0 spiro atoms. The van der Waals surface area contributed by atoms with Crippen LogP contribution < -0.4 is 4.74 Å². The summed E-state index contributed by atoms with van der Waals surface area (Å²) in [5, 5.41) is 18.7. The lowest BCUT2D eigenvalue weighted by atomic mass is 10.1. The molecular weight excluding hydrogens is 410 g/mol. The molecule has 4 nitrogen and oxygen atoms in total. The number of nitrogens with zero attached hydrogens (tertiary/aromatic N) is 3. The summed E-state index contributed by atoms with van der Waals surface area (Å²) in [5.74, 6) is 0.706. The van der Waals surface area contributed by atoms with Crippen LogP contribution in [0, 0.1) is 22.7 Å². The molecule has 0 atom stereocenters. The monoisotopic (exact) mass is 425 g/mol. The molecule has 1 heterocycles. The van der Waals surface area contributed by atoms with Crippen LogP contribution in [0.25, 0.3) is 16.3 Å². The first-order valence-electron chi connectivity index (χ1n) is 9.11. The van der Waals surface area contributed by atoms with E-state index in [4.69, 9.17) is 10.00 Å². The van der Waals surface area contributed by atoms with Crippen LogP contribution in [0.5, 0.6) is 5.75 Å². The van der Waals surface area contributed by atoms with Gasteiger partial charge in [-0.15, -0.1) is 11.3 Å². The number of nitriles is 2. The van der Waals surface area contributed by atoms with Crippen LogP contribution in [0.2, 0.25) is 0 Å². The molecule has 4 aromatic rings. The number of allylic oxidation sites excluding steroid dienone is 1. The average molecular weight is 426 g/mol. The molecule has 0 N–H and O–H groups in total. The minimum Gasteiger partial charge on any atom is -0.489 e. The molecule has 0 saturated heterocycles. The summed E-state index contributed by atoms with van der Waals surface area (Å²) < 4.78 is 7.76. The summed E-state index contributed by atoms with van der Waals surface area (Å²) >= 11 is 2.95. The van der Waals surface area contributed by atoms with Gasteiger partial charge in [-0.2, -0.15) is 10.5 Å². The molecule has 0 amide bonds. The number of para-hydroxylation sites is 1. The number of thioether (sulfide) groups is 1. The van der Waals surface area contributed by atoms with Crippen LogP contribution in [0.3, 0.4) is 0 Å². The summed E-state index contributed by atoms with van der Waals surface area (Å²) in [7, 11) is 0. The predicted molar refractivity (Wildman–Crippen MR) is 121 cm³/mol. The van der Waals surface area contributed by atoms with Crippen molar-refractivity contribution in [1.29, 1.82) is 10.5 Å². The number of aromatic nitrogens is 1. The first-order chi connectivity index (χ1) is 14.7. The Morgan fingerprint density at radius 2 is 1.77 bits per heavy atom. The highest BCUT2D eigenvalue weighted by atomic mass is 32.2. The lowest BCUT2D eigenvalue weighted by Crippen LogP contribution is -1.97. The van der Waals surface area contributed by atoms with E-state index in [1.54, 1.807) is 17.4 Å². The van der Waals surface area contributed by atoms with Gasteiger partial charge in [0.25, 0.3) is 0 Å². The lowest BCUT2D eigenvalue weighted by Gasteiger charge is -2.08. The van der Waals surface area contributed by atoms with Crippen LogP contribution in [0.15, 0.2) is 82.0 Å². The molecule has 1 aromatic heterocycles. The van der Waals surface area contributed by atoms with Crippen molar-refractivity contribution < 1.29 is 4.74 Å². The van der Waals surface area contributed by atoms with E-state index in [0.29, 0.717) is 22.8 Å². The van der Waals surface area contributed by atoms with Gasteiger partial charge in [-0.25, -0.2) is 4.98 Å². The maximum atomic E-state index is 9.52. The van der Waals surface area contributed by atoms with E-state index in [2.05, 4.69) is 17.1 Å². The second-order valence-electron chi connectivity index (χ2n) is 6.30. The standard InChI is InChI=1S/C24H15N3OS2/c25-14-18-5-1-2-6-19(18)16-28-20-11-9-17(10-12-20)13-21(15-26)29-24-27-22-7-3-4-8-23(22)30-24/h1-13H,16H2. The van der Waals surface area contributed by atoms with E-state index in [-0.39, 0.29) is 0 Å². The minimum absolute atomic E-state index is 0.329. The smallest absolute Gasteiger partial charge is 0.156 e. The van der Waals surface area contributed by atoms with E-state index in [1.807, 2.05) is 72.8 Å². The van der Waals surface area contributed by atoms with Gasteiger partial charge in [0.15, 0.2) is 4.34 Å². The Bertz CT molecular complexity index is 1260. The molecule has 0 aliphatic rings. The van der Waals surface area contributed by atoms with E-state index in [9.17, 15) is 5.26 Å². The number of thiazole rings is 1. The second kappa shape index (κ2) is 9.28. The van der Waals surface area contributed by atoms with Crippen molar-refractivity contribution in [3.8, 4) is 17.9 Å². The highest BCUT2D eigenvalue weighted by molar-refractivity contribution is 8.05. The lowest BCUT2D eigenvalue weighted by molar-refractivity contribution is 0.306. The molecule has 3 aromatic carbocycles. The van der Waals surface area contributed by atoms with Gasteiger partial charge in [-0.05, 0) is 53.7 Å². The van der Waals surface area contributed by atoms with Crippen molar-refractivity contribution in [2.45, 2.75) is 10.9 Å². The molecule has 0 aliphatic carbocycles. The minimum atomic E-state index is 0.329. The zero-order valence-electron chi connectivity index (χ0n) is 15.8. The van der Waals surface area contributed by atoms with Gasteiger partial charge >= 0.3 is 0 Å². The fourth-order valence-corrected chi connectivity index (χ4v) is 4.78. The Balaban J connectivity index is 1.44.